The summed E-state index contributed by atoms with van der Waals surface area (Å²) in [6.07, 6.45) is 8.94. The highest BCUT2D eigenvalue weighted by molar-refractivity contribution is 5.84. The second kappa shape index (κ2) is 16.1. The van der Waals surface area contributed by atoms with Crippen molar-refractivity contribution in [1.29, 1.82) is 0 Å². The van der Waals surface area contributed by atoms with Crippen LogP contribution >= 0.6 is 0 Å². The molecule has 0 aliphatic heterocycles. The van der Waals surface area contributed by atoms with E-state index in [0.717, 1.165) is 34.1 Å². The third-order valence-electron chi connectivity index (χ3n) is 10.4. The molecule has 0 spiro atoms. The summed E-state index contributed by atoms with van der Waals surface area (Å²) in [6.45, 7) is 13.1. The fourth-order valence-corrected chi connectivity index (χ4v) is 6.92. The van der Waals surface area contributed by atoms with E-state index >= 15 is 0 Å². The SMILES string of the molecule is Cc1ccc(N(c2ccccc2)c2ccc(/C=C/c3ccccc3/C=C/c3ccc(N(c4ccccc4)c4ccc(C)c(C)c4)cc3C)c(C)c2)cc1C. The van der Waals surface area contributed by atoms with Gasteiger partial charge in [0, 0.05) is 34.1 Å². The van der Waals surface area contributed by atoms with Gasteiger partial charge in [0.2, 0.25) is 0 Å². The van der Waals surface area contributed by atoms with Gasteiger partial charge in [0.25, 0.3) is 0 Å². The predicted molar refractivity (Wildman–Crippen MR) is 235 cm³/mol. The molecule has 0 heterocycles. The number of anilines is 6. The molecule has 0 aromatic heterocycles. The van der Waals surface area contributed by atoms with Gasteiger partial charge in [-0.15, -0.1) is 0 Å². The van der Waals surface area contributed by atoms with Crippen LogP contribution in [0.25, 0.3) is 24.3 Å². The number of aryl methyl sites for hydroxylation is 6. The first kappa shape index (κ1) is 36.0. The molecular formula is C52H48N2. The van der Waals surface area contributed by atoms with Gasteiger partial charge in [-0.25, -0.2) is 0 Å². The standard InChI is InChI=1S/C52H48N2/c1-37-21-29-49(33-39(37)3)53(47-17-9-7-10-18-47)51-31-27-43(41(5)35-51)23-25-45-15-13-14-16-46(45)26-24-44-28-32-52(36-42(44)6)54(48-19-11-8-12-20-48)50-30-22-38(2)40(4)34-50/h7-36H,1-6H3/b25-23+,26-24+. The van der Waals surface area contributed by atoms with E-state index < -0.39 is 0 Å². The maximum atomic E-state index is 2.34. The Kier molecular flexibility index (Phi) is 10.7. The van der Waals surface area contributed by atoms with Crippen molar-refractivity contribution in [3.05, 3.63) is 213 Å². The van der Waals surface area contributed by atoms with Crippen LogP contribution in [0.1, 0.15) is 55.6 Å². The third kappa shape index (κ3) is 7.99. The van der Waals surface area contributed by atoms with Gasteiger partial charge in [-0.2, -0.15) is 0 Å². The summed E-state index contributed by atoms with van der Waals surface area (Å²) in [7, 11) is 0. The maximum absolute atomic E-state index is 2.34. The molecule has 0 saturated carbocycles. The molecule has 2 heteroatoms. The van der Waals surface area contributed by atoms with E-state index in [-0.39, 0.29) is 0 Å². The molecule has 0 atom stereocenters. The molecule has 54 heavy (non-hydrogen) atoms. The Morgan fingerprint density at radius 2 is 0.574 bits per heavy atom. The second-order valence-electron chi connectivity index (χ2n) is 14.3. The maximum Gasteiger partial charge on any atom is 0.0464 e. The summed E-state index contributed by atoms with van der Waals surface area (Å²) in [5.74, 6) is 0. The van der Waals surface area contributed by atoms with Crippen LogP contribution in [0.15, 0.2) is 158 Å². The highest BCUT2D eigenvalue weighted by atomic mass is 15.1. The van der Waals surface area contributed by atoms with Crippen LogP contribution in [0.5, 0.6) is 0 Å². The molecule has 0 radical (unpaired) electrons. The van der Waals surface area contributed by atoms with Crippen molar-refractivity contribution in [3.63, 3.8) is 0 Å². The van der Waals surface area contributed by atoms with Gasteiger partial charge in [0.05, 0.1) is 0 Å². The lowest BCUT2D eigenvalue weighted by atomic mass is 10.0. The molecule has 0 amide bonds. The summed E-state index contributed by atoms with van der Waals surface area (Å²) in [4.78, 5) is 4.67. The molecule has 0 bridgehead atoms. The fraction of sp³-hybridized carbons (Fsp3) is 0.115. The van der Waals surface area contributed by atoms with Gasteiger partial charge >= 0.3 is 0 Å². The normalized spacial score (nSPS) is 11.4. The van der Waals surface area contributed by atoms with Crippen LogP contribution < -0.4 is 9.80 Å². The molecule has 0 fully saturated rings. The average molecular weight is 701 g/mol. The van der Waals surface area contributed by atoms with Crippen LogP contribution in [-0.2, 0) is 0 Å². The third-order valence-corrected chi connectivity index (χ3v) is 10.4. The van der Waals surface area contributed by atoms with Crippen molar-refractivity contribution in [2.75, 3.05) is 9.80 Å². The molecule has 2 nitrogen and oxygen atoms in total. The van der Waals surface area contributed by atoms with Gasteiger partial charge in [0.1, 0.15) is 0 Å². The molecule has 0 N–H and O–H groups in total. The first-order valence-electron chi connectivity index (χ1n) is 18.8. The minimum absolute atomic E-state index is 1.14. The molecule has 0 aliphatic rings. The zero-order valence-corrected chi connectivity index (χ0v) is 32.2. The molecule has 266 valence electrons. The minimum Gasteiger partial charge on any atom is -0.310 e. The summed E-state index contributed by atoms with van der Waals surface area (Å²) >= 11 is 0. The van der Waals surface area contributed by atoms with Gasteiger partial charge in [-0.1, -0.05) is 109 Å². The summed E-state index contributed by atoms with van der Waals surface area (Å²) < 4.78 is 0. The van der Waals surface area contributed by atoms with Crippen molar-refractivity contribution in [3.8, 4) is 0 Å². The second-order valence-corrected chi connectivity index (χ2v) is 14.3. The Morgan fingerprint density at radius 1 is 0.259 bits per heavy atom. The Bertz CT molecular complexity index is 2280. The van der Waals surface area contributed by atoms with Crippen LogP contribution in [0.2, 0.25) is 0 Å². The lowest BCUT2D eigenvalue weighted by Crippen LogP contribution is -2.10. The Morgan fingerprint density at radius 3 is 0.926 bits per heavy atom. The Hall–Kier alpha value is -6.38. The van der Waals surface area contributed by atoms with Gasteiger partial charge in [-0.3, -0.25) is 0 Å². The molecule has 0 saturated heterocycles. The van der Waals surface area contributed by atoms with E-state index in [1.807, 2.05) is 0 Å². The zero-order chi connectivity index (χ0) is 37.6. The zero-order valence-electron chi connectivity index (χ0n) is 32.2. The number of hydrogen-bond donors (Lipinski definition) is 0. The van der Waals surface area contributed by atoms with E-state index in [1.54, 1.807) is 0 Å². The highest BCUT2D eigenvalue weighted by Gasteiger charge is 2.15. The van der Waals surface area contributed by atoms with Crippen LogP contribution in [0.3, 0.4) is 0 Å². The minimum atomic E-state index is 1.14. The van der Waals surface area contributed by atoms with Crippen molar-refractivity contribution in [1.82, 2.24) is 0 Å². The summed E-state index contributed by atoms with van der Waals surface area (Å²) in [5.41, 5.74) is 19.3. The van der Waals surface area contributed by atoms with Crippen LogP contribution in [0, 0.1) is 41.5 Å². The smallest absolute Gasteiger partial charge is 0.0464 e. The molecule has 7 aromatic rings. The largest absolute Gasteiger partial charge is 0.310 e. The lowest BCUT2D eigenvalue weighted by molar-refractivity contribution is 1.24. The first-order valence-corrected chi connectivity index (χ1v) is 18.8. The van der Waals surface area contributed by atoms with Crippen molar-refractivity contribution in [2.45, 2.75) is 41.5 Å². The first-order chi connectivity index (χ1) is 26.2. The topological polar surface area (TPSA) is 6.48 Å². The Balaban J connectivity index is 1.14. The number of hydrogen-bond acceptors (Lipinski definition) is 2. The van der Waals surface area contributed by atoms with E-state index in [1.165, 1.54) is 55.6 Å². The van der Waals surface area contributed by atoms with E-state index in [0.29, 0.717) is 0 Å². The van der Waals surface area contributed by atoms with Gasteiger partial charge < -0.3 is 9.80 Å². The van der Waals surface area contributed by atoms with Crippen LogP contribution in [-0.4, -0.2) is 0 Å². The number of para-hydroxylation sites is 2. The van der Waals surface area contributed by atoms with Crippen molar-refractivity contribution < 1.29 is 0 Å². The van der Waals surface area contributed by atoms with E-state index in [9.17, 15) is 0 Å². The van der Waals surface area contributed by atoms with Gasteiger partial charge in [0.15, 0.2) is 0 Å². The summed E-state index contributed by atoms with van der Waals surface area (Å²) in [5, 5.41) is 0. The molecule has 7 aromatic carbocycles. The van der Waals surface area contributed by atoms with E-state index in [2.05, 4.69) is 233 Å². The molecule has 0 unspecified atom stereocenters. The van der Waals surface area contributed by atoms with Crippen molar-refractivity contribution >= 4 is 58.4 Å². The molecule has 0 aliphatic carbocycles. The van der Waals surface area contributed by atoms with Crippen molar-refractivity contribution in [2.24, 2.45) is 0 Å². The quantitative estimate of drug-likeness (QED) is 0.131. The monoisotopic (exact) mass is 700 g/mol. The van der Waals surface area contributed by atoms with Gasteiger partial charge in [-0.05, 0) is 170 Å². The summed E-state index contributed by atoms with van der Waals surface area (Å²) in [6, 6.07) is 56.7. The Labute approximate surface area is 322 Å². The number of rotatable bonds is 10. The average Bonchev–Trinajstić information content (AvgIpc) is 3.18. The fourth-order valence-electron chi connectivity index (χ4n) is 6.92. The van der Waals surface area contributed by atoms with E-state index in [4.69, 9.17) is 0 Å². The molecule has 7 rings (SSSR count). The van der Waals surface area contributed by atoms with Crippen LogP contribution in [0.4, 0.5) is 34.1 Å². The highest BCUT2D eigenvalue weighted by Crippen LogP contribution is 2.38. The predicted octanol–water partition coefficient (Wildman–Crippen LogP) is 14.8. The lowest BCUT2D eigenvalue weighted by Gasteiger charge is -2.26. The number of benzene rings is 7. The number of nitrogens with zero attached hydrogens (tertiary/aromatic N) is 2. The molecular weight excluding hydrogens is 653 g/mol.